The Balaban J connectivity index is 2.08. The normalized spacial score (nSPS) is 10.8. The van der Waals surface area contributed by atoms with E-state index in [-0.39, 0.29) is 15.0 Å². The molecular formula is C16H10BrClSe. The van der Waals surface area contributed by atoms with Crippen LogP contribution in [-0.4, -0.2) is 15.0 Å². The van der Waals surface area contributed by atoms with Crippen molar-refractivity contribution in [2.24, 2.45) is 0 Å². The van der Waals surface area contributed by atoms with Crippen LogP contribution < -0.4 is 8.92 Å². The van der Waals surface area contributed by atoms with Crippen molar-refractivity contribution in [3.63, 3.8) is 0 Å². The summed E-state index contributed by atoms with van der Waals surface area (Å²) in [5, 5.41) is 3.24. The Morgan fingerprint density at radius 1 is 0.842 bits per heavy atom. The van der Waals surface area contributed by atoms with Crippen LogP contribution in [-0.2, 0) is 0 Å². The molecule has 0 radical (unpaired) electrons. The van der Waals surface area contributed by atoms with E-state index in [2.05, 4.69) is 64.5 Å². The van der Waals surface area contributed by atoms with E-state index in [1.165, 1.54) is 19.7 Å². The van der Waals surface area contributed by atoms with E-state index in [9.17, 15) is 0 Å². The molecule has 0 heterocycles. The average Bonchev–Trinajstić information content (AvgIpc) is 2.42. The van der Waals surface area contributed by atoms with Gasteiger partial charge in [0.15, 0.2) is 0 Å². The molecule has 0 aromatic heterocycles. The third kappa shape index (κ3) is 2.88. The van der Waals surface area contributed by atoms with Crippen LogP contribution in [0.25, 0.3) is 10.8 Å². The molecule has 0 amide bonds. The molecule has 3 aromatic rings. The number of hydrogen-bond donors (Lipinski definition) is 0. The predicted octanol–water partition coefficient (Wildman–Crippen LogP) is 3.91. The van der Waals surface area contributed by atoms with Crippen LogP contribution >= 0.6 is 27.5 Å². The van der Waals surface area contributed by atoms with Crippen LogP contribution in [0.15, 0.2) is 65.1 Å². The molecule has 0 saturated carbocycles. The molecule has 0 bridgehead atoms. The summed E-state index contributed by atoms with van der Waals surface area (Å²) in [5.41, 5.74) is 0. The van der Waals surface area contributed by atoms with Crippen molar-refractivity contribution >= 4 is 62.2 Å². The molecule has 3 aromatic carbocycles. The number of benzene rings is 3. The molecule has 3 heteroatoms. The van der Waals surface area contributed by atoms with E-state index in [1.54, 1.807) is 0 Å². The Morgan fingerprint density at radius 3 is 2.26 bits per heavy atom. The number of halogens is 2. The fourth-order valence-electron chi connectivity index (χ4n) is 1.98. The Kier molecular flexibility index (Phi) is 3.95. The molecule has 0 atom stereocenters. The summed E-state index contributed by atoms with van der Waals surface area (Å²) in [5.74, 6) is 0. The fourth-order valence-corrected chi connectivity index (χ4v) is 4.76. The Hall–Kier alpha value is -0.791. The molecule has 3 rings (SSSR count). The van der Waals surface area contributed by atoms with Gasteiger partial charge in [0.05, 0.1) is 0 Å². The van der Waals surface area contributed by atoms with E-state index in [0.29, 0.717) is 0 Å². The van der Waals surface area contributed by atoms with Gasteiger partial charge in [0, 0.05) is 0 Å². The van der Waals surface area contributed by atoms with E-state index in [0.717, 1.165) is 9.50 Å². The molecular weight excluding hydrogens is 386 g/mol. The first-order chi connectivity index (χ1) is 9.24. The second kappa shape index (κ2) is 5.68. The summed E-state index contributed by atoms with van der Waals surface area (Å²) >= 11 is 10.1. The molecule has 0 N–H and O–H groups in total. The molecule has 19 heavy (non-hydrogen) atoms. The van der Waals surface area contributed by atoms with Crippen LogP contribution in [0.2, 0.25) is 5.02 Å². The van der Waals surface area contributed by atoms with Gasteiger partial charge in [-0.3, -0.25) is 0 Å². The van der Waals surface area contributed by atoms with Gasteiger partial charge in [0.2, 0.25) is 0 Å². The Bertz CT molecular complexity index is 717. The van der Waals surface area contributed by atoms with E-state index in [1.807, 2.05) is 12.1 Å². The maximum absolute atomic E-state index is 6.36. The van der Waals surface area contributed by atoms with Crippen LogP contribution in [0.5, 0.6) is 0 Å². The first kappa shape index (κ1) is 13.2. The van der Waals surface area contributed by atoms with Crippen molar-refractivity contribution in [2.45, 2.75) is 0 Å². The zero-order chi connectivity index (χ0) is 13.2. The summed E-state index contributed by atoms with van der Waals surface area (Å²) in [4.78, 5) is 0. The second-order valence-corrected chi connectivity index (χ2v) is 7.81. The van der Waals surface area contributed by atoms with Gasteiger partial charge in [0.25, 0.3) is 0 Å². The average molecular weight is 397 g/mol. The van der Waals surface area contributed by atoms with Gasteiger partial charge in [-0.25, -0.2) is 0 Å². The summed E-state index contributed by atoms with van der Waals surface area (Å²) in [6.45, 7) is 0. The van der Waals surface area contributed by atoms with Gasteiger partial charge in [-0.1, -0.05) is 0 Å². The van der Waals surface area contributed by atoms with Gasteiger partial charge in [-0.2, -0.15) is 0 Å². The topological polar surface area (TPSA) is 0 Å². The molecule has 0 aliphatic carbocycles. The zero-order valence-electron chi connectivity index (χ0n) is 9.94. The van der Waals surface area contributed by atoms with Crippen LogP contribution in [0, 0.1) is 0 Å². The predicted molar refractivity (Wildman–Crippen MR) is 88.1 cm³/mol. The van der Waals surface area contributed by atoms with Gasteiger partial charge >= 0.3 is 132 Å². The van der Waals surface area contributed by atoms with Crippen molar-refractivity contribution in [1.29, 1.82) is 0 Å². The number of hydrogen-bond acceptors (Lipinski definition) is 0. The molecule has 0 aliphatic heterocycles. The van der Waals surface area contributed by atoms with Crippen LogP contribution in [0.1, 0.15) is 0 Å². The number of rotatable bonds is 2. The third-order valence-electron chi connectivity index (χ3n) is 2.86. The van der Waals surface area contributed by atoms with Gasteiger partial charge in [0.1, 0.15) is 0 Å². The fraction of sp³-hybridized carbons (Fsp3) is 0. The first-order valence-electron chi connectivity index (χ1n) is 5.85. The minimum atomic E-state index is 0.269. The molecule has 94 valence electrons. The summed E-state index contributed by atoms with van der Waals surface area (Å²) < 4.78 is 3.80. The zero-order valence-corrected chi connectivity index (χ0v) is 14.0. The Labute approximate surface area is 132 Å². The molecule has 0 saturated heterocycles. The van der Waals surface area contributed by atoms with E-state index < -0.39 is 0 Å². The standard InChI is InChI=1S/C16H10BrClSe/c17-12-7-9-13(10-8-12)19-15-6-2-4-11-3-1-5-14(18)16(11)15/h1-10H. The third-order valence-corrected chi connectivity index (χ3v) is 5.94. The monoisotopic (exact) mass is 396 g/mol. The number of fused-ring (bicyclic) bond motifs is 1. The summed E-state index contributed by atoms with van der Waals surface area (Å²) in [6, 6.07) is 21.0. The van der Waals surface area contributed by atoms with Crippen molar-refractivity contribution in [3.8, 4) is 0 Å². The van der Waals surface area contributed by atoms with Crippen molar-refractivity contribution in [2.75, 3.05) is 0 Å². The van der Waals surface area contributed by atoms with E-state index >= 15 is 0 Å². The first-order valence-corrected chi connectivity index (χ1v) is 8.73. The molecule has 0 unspecified atom stereocenters. The van der Waals surface area contributed by atoms with Gasteiger partial charge in [-0.15, -0.1) is 0 Å². The second-order valence-electron chi connectivity index (χ2n) is 4.15. The maximum atomic E-state index is 6.36. The van der Waals surface area contributed by atoms with Crippen molar-refractivity contribution in [3.05, 3.63) is 70.2 Å². The minimum absolute atomic E-state index is 0.269. The van der Waals surface area contributed by atoms with E-state index in [4.69, 9.17) is 11.6 Å². The van der Waals surface area contributed by atoms with Crippen LogP contribution in [0.3, 0.4) is 0 Å². The van der Waals surface area contributed by atoms with Gasteiger partial charge < -0.3 is 0 Å². The summed E-state index contributed by atoms with van der Waals surface area (Å²) in [6.07, 6.45) is 0. The molecule has 0 nitrogen and oxygen atoms in total. The summed E-state index contributed by atoms with van der Waals surface area (Å²) in [7, 11) is 0. The molecule has 0 aliphatic rings. The molecule has 0 spiro atoms. The van der Waals surface area contributed by atoms with Gasteiger partial charge in [-0.05, 0) is 0 Å². The van der Waals surface area contributed by atoms with Crippen molar-refractivity contribution in [1.82, 2.24) is 0 Å². The quantitative estimate of drug-likeness (QED) is 0.576. The molecule has 0 fully saturated rings. The van der Waals surface area contributed by atoms with Crippen molar-refractivity contribution < 1.29 is 0 Å². The Morgan fingerprint density at radius 2 is 1.53 bits per heavy atom. The van der Waals surface area contributed by atoms with Crippen LogP contribution in [0.4, 0.5) is 0 Å². The SMILES string of the molecule is Clc1cccc2cccc([Se]c3ccc(Br)cc3)c12.